The topological polar surface area (TPSA) is 58.2 Å². The van der Waals surface area contributed by atoms with E-state index in [1.165, 1.54) is 0 Å². The number of urea groups is 1. The van der Waals surface area contributed by atoms with Crippen LogP contribution in [0.1, 0.15) is 11.1 Å². The van der Waals surface area contributed by atoms with Gasteiger partial charge in [0, 0.05) is 0 Å². The Bertz CT molecular complexity index is 589. The first kappa shape index (κ1) is 15.0. The van der Waals surface area contributed by atoms with Gasteiger partial charge in [-0.25, -0.2) is 4.79 Å². The van der Waals surface area contributed by atoms with Crippen LogP contribution in [0, 0.1) is 0 Å². The Morgan fingerprint density at radius 1 is 0.750 bits per heavy atom. The molecule has 0 aromatic heterocycles. The van der Waals surface area contributed by atoms with E-state index in [4.69, 9.17) is 0 Å². The van der Waals surface area contributed by atoms with Crippen LogP contribution in [0.5, 0.6) is 0 Å². The fourth-order valence-corrected chi connectivity index (χ4v) is 2.40. The summed E-state index contributed by atoms with van der Waals surface area (Å²) in [5.74, 6) is -0.352. The SMILES string of the molecule is O=C1NC(=O)C(c2ccccc2)(c2ccccc2)N1.[CaH2]. The van der Waals surface area contributed by atoms with Crippen molar-refractivity contribution in [2.24, 2.45) is 0 Å². The summed E-state index contributed by atoms with van der Waals surface area (Å²) in [5, 5.41) is 5.07. The Balaban J connectivity index is 0.00000147. The summed E-state index contributed by atoms with van der Waals surface area (Å²) in [6.45, 7) is 0. The van der Waals surface area contributed by atoms with Gasteiger partial charge in [0.2, 0.25) is 0 Å². The molecule has 2 aromatic rings. The van der Waals surface area contributed by atoms with E-state index < -0.39 is 11.6 Å². The van der Waals surface area contributed by atoms with Gasteiger partial charge in [-0.3, -0.25) is 10.1 Å². The van der Waals surface area contributed by atoms with Crippen LogP contribution in [0.4, 0.5) is 4.79 Å². The molecule has 0 bridgehead atoms. The van der Waals surface area contributed by atoms with Gasteiger partial charge in [-0.2, -0.15) is 0 Å². The van der Waals surface area contributed by atoms with E-state index in [-0.39, 0.29) is 43.6 Å². The summed E-state index contributed by atoms with van der Waals surface area (Å²) in [5.41, 5.74) is 0.341. The number of rotatable bonds is 2. The van der Waals surface area contributed by atoms with E-state index in [9.17, 15) is 9.59 Å². The van der Waals surface area contributed by atoms with Crippen LogP contribution < -0.4 is 10.6 Å². The van der Waals surface area contributed by atoms with Crippen LogP contribution in [0.25, 0.3) is 0 Å². The van der Waals surface area contributed by atoms with E-state index in [0.717, 1.165) is 11.1 Å². The molecule has 0 spiro atoms. The van der Waals surface area contributed by atoms with E-state index >= 15 is 0 Å². The Kier molecular flexibility index (Phi) is 4.48. The van der Waals surface area contributed by atoms with Crippen LogP contribution in [0.2, 0.25) is 0 Å². The third kappa shape index (κ3) is 2.35. The van der Waals surface area contributed by atoms with Crippen molar-refractivity contribution in [1.82, 2.24) is 10.6 Å². The Labute approximate surface area is 146 Å². The Morgan fingerprint density at radius 2 is 1.20 bits per heavy atom. The predicted molar refractivity (Wildman–Crippen MR) is 78.9 cm³/mol. The fourth-order valence-electron chi connectivity index (χ4n) is 2.40. The van der Waals surface area contributed by atoms with Crippen LogP contribution >= 0.6 is 0 Å². The van der Waals surface area contributed by atoms with Gasteiger partial charge in [0.25, 0.3) is 5.91 Å². The first-order valence-corrected chi connectivity index (χ1v) is 5.98. The molecule has 1 heterocycles. The van der Waals surface area contributed by atoms with Gasteiger partial charge in [-0.05, 0) is 11.1 Å². The fraction of sp³-hybridized carbons (Fsp3) is 0.0667. The van der Waals surface area contributed by atoms with Gasteiger partial charge in [0.05, 0.1) is 0 Å². The molecule has 2 N–H and O–H groups in total. The molecule has 0 unspecified atom stereocenters. The minimum absolute atomic E-state index is 0. The van der Waals surface area contributed by atoms with Crippen molar-refractivity contribution >= 4 is 49.7 Å². The van der Waals surface area contributed by atoms with Gasteiger partial charge in [0.1, 0.15) is 0 Å². The number of nitrogens with one attached hydrogen (secondary N) is 2. The number of benzene rings is 2. The maximum absolute atomic E-state index is 12.3. The molecule has 4 nitrogen and oxygen atoms in total. The van der Waals surface area contributed by atoms with Gasteiger partial charge in [-0.1, -0.05) is 60.7 Å². The summed E-state index contributed by atoms with van der Waals surface area (Å²) >= 11 is 0. The van der Waals surface area contributed by atoms with Gasteiger partial charge in [-0.15, -0.1) is 0 Å². The maximum atomic E-state index is 12.3. The Morgan fingerprint density at radius 3 is 1.55 bits per heavy atom. The third-order valence-electron chi connectivity index (χ3n) is 3.28. The number of carbonyl (C=O) groups excluding carboxylic acids is 2. The zero-order valence-corrected chi connectivity index (χ0v) is 10.1. The third-order valence-corrected chi connectivity index (χ3v) is 3.28. The standard InChI is InChI=1S/C15H12N2O2.Ca.2H/c18-13-15(17-14(19)16-13,11-7-3-1-4-8-11)12-9-5-2-6-10-12;;;/h1-10H,(H2,16,17,18,19);;;. The monoisotopic (exact) mass is 294 g/mol. The van der Waals surface area contributed by atoms with Crippen molar-refractivity contribution in [3.63, 3.8) is 0 Å². The molecule has 2 aromatic carbocycles. The molecule has 98 valence electrons. The molecular weight excluding hydrogens is 280 g/mol. The number of hydrogen-bond donors (Lipinski definition) is 2. The van der Waals surface area contributed by atoms with Crippen LogP contribution in [-0.2, 0) is 10.3 Å². The molecule has 3 rings (SSSR count). The number of amides is 3. The molecular formula is C15H14CaN2O2. The molecule has 1 aliphatic heterocycles. The van der Waals surface area contributed by atoms with Gasteiger partial charge >= 0.3 is 43.8 Å². The molecule has 1 saturated heterocycles. The normalized spacial score (nSPS) is 16.0. The van der Waals surface area contributed by atoms with E-state index in [1.54, 1.807) is 0 Å². The quantitative estimate of drug-likeness (QED) is 0.637. The molecule has 0 radical (unpaired) electrons. The van der Waals surface area contributed by atoms with Crippen LogP contribution in [-0.4, -0.2) is 49.7 Å². The zero-order valence-electron chi connectivity index (χ0n) is 10.1. The number of carbonyl (C=O) groups is 2. The molecule has 3 amide bonds. The minimum atomic E-state index is -1.14. The molecule has 1 fully saturated rings. The summed E-state index contributed by atoms with van der Waals surface area (Å²) in [7, 11) is 0. The second-order valence-electron chi connectivity index (χ2n) is 4.39. The molecule has 5 heteroatoms. The van der Waals surface area contributed by atoms with Gasteiger partial charge < -0.3 is 5.32 Å². The van der Waals surface area contributed by atoms with Gasteiger partial charge in [0.15, 0.2) is 5.54 Å². The average Bonchev–Trinajstić information content (AvgIpc) is 2.76. The molecule has 0 atom stereocenters. The Hall–Kier alpha value is -1.36. The first-order chi connectivity index (χ1) is 9.23. The van der Waals surface area contributed by atoms with Crippen molar-refractivity contribution in [2.45, 2.75) is 5.54 Å². The molecule has 0 aliphatic carbocycles. The van der Waals surface area contributed by atoms with Crippen molar-refractivity contribution < 1.29 is 9.59 Å². The summed E-state index contributed by atoms with van der Waals surface area (Å²) in [4.78, 5) is 23.9. The summed E-state index contributed by atoms with van der Waals surface area (Å²) < 4.78 is 0. The average molecular weight is 294 g/mol. The summed E-state index contributed by atoms with van der Waals surface area (Å²) in [6.07, 6.45) is 0. The van der Waals surface area contributed by atoms with Crippen LogP contribution in [0.15, 0.2) is 60.7 Å². The van der Waals surface area contributed by atoms with E-state index in [2.05, 4.69) is 10.6 Å². The number of imide groups is 1. The summed E-state index contributed by atoms with van der Waals surface area (Å²) in [6, 6.07) is 18.0. The second-order valence-corrected chi connectivity index (χ2v) is 4.39. The predicted octanol–water partition coefficient (Wildman–Crippen LogP) is 0.853. The molecule has 1 aliphatic rings. The van der Waals surface area contributed by atoms with E-state index in [0.29, 0.717) is 0 Å². The number of hydrogen-bond acceptors (Lipinski definition) is 2. The van der Waals surface area contributed by atoms with Crippen molar-refractivity contribution in [3.8, 4) is 0 Å². The van der Waals surface area contributed by atoms with E-state index in [1.807, 2.05) is 60.7 Å². The van der Waals surface area contributed by atoms with Crippen molar-refractivity contribution in [1.29, 1.82) is 0 Å². The first-order valence-electron chi connectivity index (χ1n) is 5.98. The zero-order chi connectivity index (χ0) is 13.3. The van der Waals surface area contributed by atoms with Crippen LogP contribution in [0.3, 0.4) is 0 Å². The molecule has 20 heavy (non-hydrogen) atoms. The van der Waals surface area contributed by atoms with Crippen molar-refractivity contribution in [3.05, 3.63) is 71.8 Å². The molecule has 0 saturated carbocycles. The van der Waals surface area contributed by atoms with Crippen molar-refractivity contribution in [2.75, 3.05) is 0 Å². The second kappa shape index (κ2) is 5.95.